The molecule has 2 N–H and O–H groups in total. The Morgan fingerprint density at radius 1 is 1.10 bits per heavy atom. The summed E-state index contributed by atoms with van der Waals surface area (Å²) in [5.41, 5.74) is 5.67. The Morgan fingerprint density at radius 2 is 1.81 bits per heavy atom. The lowest BCUT2D eigenvalue weighted by Crippen LogP contribution is -2.17. The van der Waals surface area contributed by atoms with E-state index in [2.05, 4.69) is 33.9 Å². The molecule has 0 aliphatic rings. The van der Waals surface area contributed by atoms with Crippen molar-refractivity contribution < 1.29 is 9.90 Å². The molecule has 0 radical (unpaired) electrons. The number of nitrogens with one attached hydrogen (secondary N) is 1. The summed E-state index contributed by atoms with van der Waals surface area (Å²) in [6.07, 6.45) is 0. The Balaban J connectivity index is 1.67. The van der Waals surface area contributed by atoms with Crippen LogP contribution in [0.2, 0.25) is 0 Å². The zero-order valence-corrected chi connectivity index (χ0v) is 18.2. The number of hydrogen-bond donors (Lipinski definition) is 2. The maximum absolute atomic E-state index is 13.4. The van der Waals surface area contributed by atoms with Crippen LogP contribution in [0.1, 0.15) is 40.3 Å². The number of hydrogen-bond acceptors (Lipinski definition) is 4. The number of aryl methyl sites for hydroxylation is 1. The van der Waals surface area contributed by atoms with E-state index in [0.717, 1.165) is 28.0 Å². The minimum atomic E-state index is -0.00429. The fourth-order valence-corrected chi connectivity index (χ4v) is 4.30. The largest absolute Gasteiger partial charge is 0.395 e. The van der Waals surface area contributed by atoms with Gasteiger partial charge in [0.05, 0.1) is 30.2 Å². The van der Waals surface area contributed by atoms with Crippen LogP contribution in [0.3, 0.4) is 0 Å². The van der Waals surface area contributed by atoms with Gasteiger partial charge in [-0.05, 0) is 44.5 Å². The minimum absolute atomic E-state index is 0.00429. The van der Waals surface area contributed by atoms with E-state index >= 15 is 0 Å². The molecule has 0 unspecified atom stereocenters. The molecule has 0 bridgehead atoms. The number of aliphatic hydroxyl groups excluding tert-OH is 1. The number of carbonyl (C=O) groups is 1. The van der Waals surface area contributed by atoms with Crippen LogP contribution in [0, 0.1) is 13.8 Å². The van der Waals surface area contributed by atoms with Crippen LogP contribution in [0.5, 0.6) is 0 Å². The first-order valence-corrected chi connectivity index (χ1v) is 10.6. The zero-order chi connectivity index (χ0) is 22.0. The molecule has 0 spiro atoms. The van der Waals surface area contributed by atoms with Crippen molar-refractivity contribution in [2.45, 2.75) is 33.4 Å². The molecule has 0 saturated carbocycles. The fraction of sp³-hybridized carbons (Fsp3) is 0.280. The number of para-hydroxylation sites is 2. The summed E-state index contributed by atoms with van der Waals surface area (Å²) in [7, 11) is 0. The van der Waals surface area contributed by atoms with E-state index in [-0.39, 0.29) is 25.0 Å². The van der Waals surface area contributed by atoms with Gasteiger partial charge in [-0.15, -0.1) is 0 Å². The maximum Gasteiger partial charge on any atom is 0.204 e. The highest BCUT2D eigenvalue weighted by atomic mass is 16.3. The van der Waals surface area contributed by atoms with Gasteiger partial charge < -0.3 is 19.6 Å². The molecule has 2 aromatic carbocycles. The molecule has 2 aromatic heterocycles. The third-order valence-corrected chi connectivity index (χ3v) is 5.81. The van der Waals surface area contributed by atoms with Gasteiger partial charge >= 0.3 is 0 Å². The molecule has 4 rings (SSSR count). The SMILES string of the molecule is Cc1cc(C(=O)Cn2c(NCCO)nc3ccccc32)c(C)n1[C@@H](C)c1ccccc1. The number of aliphatic hydroxyl groups is 1. The molecule has 0 fully saturated rings. The molecule has 6 heteroatoms. The van der Waals surface area contributed by atoms with Gasteiger partial charge in [-0.1, -0.05) is 42.5 Å². The number of fused-ring (bicyclic) bond motifs is 1. The highest BCUT2D eigenvalue weighted by Crippen LogP contribution is 2.27. The third-order valence-electron chi connectivity index (χ3n) is 5.81. The number of carbonyl (C=O) groups excluding carboxylic acids is 1. The molecule has 0 saturated heterocycles. The van der Waals surface area contributed by atoms with Gasteiger partial charge in [0.25, 0.3) is 0 Å². The summed E-state index contributed by atoms with van der Waals surface area (Å²) in [6, 6.07) is 20.2. The van der Waals surface area contributed by atoms with E-state index in [0.29, 0.717) is 12.5 Å². The van der Waals surface area contributed by atoms with E-state index < -0.39 is 0 Å². The van der Waals surface area contributed by atoms with E-state index in [1.54, 1.807) is 0 Å². The standard InChI is InChI=1S/C25H28N4O2/c1-17-15-21(19(3)29(17)18(2)20-9-5-4-6-10-20)24(31)16-28-23-12-8-7-11-22(23)27-25(28)26-13-14-30/h4-12,15,18,30H,13-14,16H2,1-3H3,(H,26,27)/t18-/m0/s1. The van der Waals surface area contributed by atoms with Crippen LogP contribution >= 0.6 is 0 Å². The fourth-order valence-electron chi connectivity index (χ4n) is 4.30. The van der Waals surface area contributed by atoms with Crippen molar-refractivity contribution in [2.75, 3.05) is 18.5 Å². The predicted molar refractivity (Wildman–Crippen MR) is 124 cm³/mol. The Kier molecular flexibility index (Phi) is 5.91. The molecule has 0 aliphatic carbocycles. The summed E-state index contributed by atoms with van der Waals surface area (Å²) in [4.78, 5) is 18.0. The molecule has 31 heavy (non-hydrogen) atoms. The summed E-state index contributed by atoms with van der Waals surface area (Å²) in [6.45, 7) is 6.76. The van der Waals surface area contributed by atoms with Gasteiger partial charge in [0.15, 0.2) is 5.78 Å². The normalized spacial score (nSPS) is 12.3. The van der Waals surface area contributed by atoms with E-state index in [9.17, 15) is 9.90 Å². The van der Waals surface area contributed by atoms with Gasteiger partial charge in [0.1, 0.15) is 0 Å². The molecule has 0 amide bonds. The van der Waals surface area contributed by atoms with Crippen molar-refractivity contribution in [3.05, 3.63) is 83.2 Å². The lowest BCUT2D eigenvalue weighted by Gasteiger charge is -2.19. The number of benzene rings is 2. The average Bonchev–Trinajstić information content (AvgIpc) is 3.28. The van der Waals surface area contributed by atoms with Crippen LogP contribution in [-0.4, -0.2) is 38.2 Å². The Morgan fingerprint density at radius 3 is 2.55 bits per heavy atom. The van der Waals surface area contributed by atoms with Crippen molar-refractivity contribution >= 4 is 22.8 Å². The summed E-state index contributed by atoms with van der Waals surface area (Å²) < 4.78 is 4.11. The van der Waals surface area contributed by atoms with Gasteiger partial charge in [-0.3, -0.25) is 4.79 Å². The Labute approximate surface area is 182 Å². The Hall–Kier alpha value is -3.38. The molecule has 6 nitrogen and oxygen atoms in total. The van der Waals surface area contributed by atoms with E-state index in [1.807, 2.05) is 66.9 Å². The smallest absolute Gasteiger partial charge is 0.204 e. The zero-order valence-electron chi connectivity index (χ0n) is 18.2. The van der Waals surface area contributed by atoms with E-state index in [1.165, 1.54) is 5.56 Å². The minimum Gasteiger partial charge on any atom is -0.395 e. The summed E-state index contributed by atoms with van der Waals surface area (Å²) in [5.74, 6) is 0.630. The lowest BCUT2D eigenvalue weighted by molar-refractivity contribution is 0.0973. The molecule has 2 heterocycles. The highest BCUT2D eigenvalue weighted by Gasteiger charge is 2.21. The molecular weight excluding hydrogens is 388 g/mol. The van der Waals surface area contributed by atoms with Gasteiger partial charge in [0.2, 0.25) is 5.95 Å². The topological polar surface area (TPSA) is 72.1 Å². The quantitative estimate of drug-likeness (QED) is 0.419. The van der Waals surface area contributed by atoms with Gasteiger partial charge in [-0.2, -0.15) is 0 Å². The average molecular weight is 417 g/mol. The first-order chi connectivity index (χ1) is 15.0. The Bertz CT molecular complexity index is 1210. The molecular formula is C25H28N4O2. The second-order valence-electron chi connectivity index (χ2n) is 7.83. The van der Waals surface area contributed by atoms with Gasteiger partial charge in [-0.25, -0.2) is 4.98 Å². The number of nitrogens with zero attached hydrogens (tertiary/aromatic N) is 3. The lowest BCUT2D eigenvalue weighted by atomic mass is 10.1. The van der Waals surface area contributed by atoms with Crippen molar-refractivity contribution in [3.8, 4) is 0 Å². The van der Waals surface area contributed by atoms with Crippen LogP contribution in [0.4, 0.5) is 5.95 Å². The monoisotopic (exact) mass is 416 g/mol. The van der Waals surface area contributed by atoms with Crippen LogP contribution < -0.4 is 5.32 Å². The first-order valence-electron chi connectivity index (χ1n) is 10.6. The number of anilines is 1. The summed E-state index contributed by atoms with van der Waals surface area (Å²) >= 11 is 0. The molecule has 4 aromatic rings. The molecule has 160 valence electrons. The second-order valence-corrected chi connectivity index (χ2v) is 7.83. The molecule has 1 atom stereocenters. The number of ketones is 1. The van der Waals surface area contributed by atoms with Crippen molar-refractivity contribution in [1.82, 2.24) is 14.1 Å². The van der Waals surface area contributed by atoms with Crippen molar-refractivity contribution in [1.29, 1.82) is 0 Å². The van der Waals surface area contributed by atoms with Crippen LogP contribution in [0.25, 0.3) is 11.0 Å². The van der Waals surface area contributed by atoms with Crippen LogP contribution in [-0.2, 0) is 6.54 Å². The number of aromatic nitrogens is 3. The highest BCUT2D eigenvalue weighted by molar-refractivity contribution is 5.98. The second kappa shape index (κ2) is 8.78. The maximum atomic E-state index is 13.4. The van der Waals surface area contributed by atoms with E-state index in [4.69, 9.17) is 0 Å². The predicted octanol–water partition coefficient (Wildman–Crippen LogP) is 4.35. The van der Waals surface area contributed by atoms with Gasteiger partial charge in [0, 0.05) is 23.5 Å². The number of imidazole rings is 1. The summed E-state index contributed by atoms with van der Waals surface area (Å²) in [5, 5.41) is 12.3. The number of rotatable bonds is 8. The number of Topliss-reactive ketones (excluding diaryl/α,β-unsaturated/α-hetero) is 1. The third kappa shape index (κ3) is 3.99. The molecule has 0 aliphatic heterocycles. The van der Waals surface area contributed by atoms with Crippen molar-refractivity contribution in [2.24, 2.45) is 0 Å². The first kappa shape index (κ1) is 20.9. The van der Waals surface area contributed by atoms with Crippen molar-refractivity contribution in [3.63, 3.8) is 0 Å². The van der Waals surface area contributed by atoms with Crippen LogP contribution in [0.15, 0.2) is 60.7 Å².